The molecule has 0 bridgehead atoms. The first-order valence-corrected chi connectivity index (χ1v) is 38.1. The highest BCUT2D eigenvalue weighted by molar-refractivity contribution is 7.31. The molecule has 0 atom stereocenters. The molecule has 11 rings (SSSR count). The Morgan fingerprint density at radius 1 is 0.455 bits per heavy atom. The van der Waals surface area contributed by atoms with Gasteiger partial charge in [0, 0.05) is 62.0 Å². The number of halogens is 2. The lowest BCUT2D eigenvalue weighted by Gasteiger charge is -2.35. The quantitative estimate of drug-likeness (QED) is 0.0194. The van der Waals surface area contributed by atoms with Gasteiger partial charge in [-0.05, 0) is 119 Å². The average Bonchev–Trinajstić information content (AvgIpc) is 1.58. The van der Waals surface area contributed by atoms with Crippen LogP contribution in [-0.2, 0) is 10.8 Å². The molecular formula is C74H76Cl2N4O2S6. The third-order valence-corrected chi connectivity index (χ3v) is 26.4. The van der Waals surface area contributed by atoms with Crippen LogP contribution >= 0.6 is 91.2 Å². The SMILES string of the molecule is [C-]#[N+]/C(C#N)=C1/C(=Cc2cc3sc4c(c3s2)C(CCCCCCCC)(CCCCCCCC)c2cc3c(cc2-4)C(CCCCCCCC)(CCCCCCCC)c2c-3sc3cc(C=C4C(=O)c5sc(Cl)cc5/C4=C(\C#N)[N+]#[C-])sc23)C(=O)c2sc(Cl)cc21. The Labute approximate surface area is 555 Å². The number of nitriles is 2. The Bertz CT molecular complexity index is 3820. The smallest absolute Gasteiger partial charge is 0.270 e. The van der Waals surface area contributed by atoms with Gasteiger partial charge in [-0.2, -0.15) is 0 Å². The molecule has 454 valence electrons. The fraction of sp³-hybridized carbons (Fsp3) is 0.459. The highest BCUT2D eigenvalue weighted by atomic mass is 35.5. The Balaban J connectivity index is 1.10. The van der Waals surface area contributed by atoms with Gasteiger partial charge in [-0.25, -0.2) is 20.2 Å². The lowest BCUT2D eigenvalue weighted by atomic mass is 9.68. The predicted molar refractivity (Wildman–Crippen MR) is 379 cm³/mol. The van der Waals surface area contributed by atoms with E-state index in [1.54, 1.807) is 34.8 Å². The number of hydrogen-bond donors (Lipinski definition) is 0. The van der Waals surface area contributed by atoms with Crippen molar-refractivity contribution in [2.75, 3.05) is 0 Å². The molecule has 7 aromatic rings. The number of rotatable bonds is 30. The number of allylic oxidation sites excluding steroid dienone is 6. The summed E-state index contributed by atoms with van der Waals surface area (Å²) in [5.41, 5.74) is 10.8. The topological polar surface area (TPSA) is 90.4 Å². The van der Waals surface area contributed by atoms with Gasteiger partial charge in [-0.15, -0.1) is 68.0 Å². The van der Waals surface area contributed by atoms with E-state index in [2.05, 4.69) is 73.8 Å². The molecule has 0 radical (unpaired) electrons. The summed E-state index contributed by atoms with van der Waals surface area (Å²) in [6.07, 6.45) is 37.4. The molecule has 0 fully saturated rings. The molecule has 0 amide bonds. The molecule has 1 aromatic carbocycles. The number of fused-ring (bicyclic) bond motifs is 12. The number of thiophene rings is 6. The summed E-state index contributed by atoms with van der Waals surface area (Å²) in [6, 6.07) is 17.6. The fourth-order valence-electron chi connectivity index (χ4n) is 14.9. The Kier molecular flexibility index (Phi) is 20.8. The van der Waals surface area contributed by atoms with Gasteiger partial charge >= 0.3 is 0 Å². The molecule has 0 saturated heterocycles. The van der Waals surface area contributed by atoms with Crippen molar-refractivity contribution in [2.24, 2.45) is 0 Å². The minimum absolute atomic E-state index is 0.0915. The molecule has 4 aliphatic carbocycles. The number of hydrogen-bond acceptors (Lipinski definition) is 10. The van der Waals surface area contributed by atoms with Crippen LogP contribution in [0.3, 0.4) is 0 Å². The summed E-state index contributed by atoms with van der Waals surface area (Å²) in [7, 11) is 0. The lowest BCUT2D eigenvalue weighted by molar-refractivity contribution is 0.103. The van der Waals surface area contributed by atoms with Crippen LogP contribution in [0.5, 0.6) is 0 Å². The highest BCUT2D eigenvalue weighted by Gasteiger charge is 2.51. The molecule has 14 heteroatoms. The van der Waals surface area contributed by atoms with E-state index in [4.69, 9.17) is 36.3 Å². The predicted octanol–water partition coefficient (Wildman–Crippen LogP) is 26.1. The third kappa shape index (κ3) is 12.0. The van der Waals surface area contributed by atoms with E-state index < -0.39 is 0 Å². The fourth-order valence-corrected chi connectivity index (χ4v) is 22.9. The number of unbranched alkanes of at least 4 members (excludes halogenated alkanes) is 20. The monoisotopic (exact) mass is 1310 g/mol. The lowest BCUT2D eigenvalue weighted by Crippen LogP contribution is -2.27. The van der Waals surface area contributed by atoms with Gasteiger partial charge in [0.15, 0.2) is 0 Å². The van der Waals surface area contributed by atoms with Gasteiger partial charge in [-0.3, -0.25) is 9.59 Å². The Hall–Kier alpha value is -5.22. The summed E-state index contributed by atoms with van der Waals surface area (Å²) in [5, 5.41) is 20.5. The number of carbonyl (C=O) groups is 2. The van der Waals surface area contributed by atoms with Gasteiger partial charge < -0.3 is 0 Å². The number of carbonyl (C=O) groups excluding carboxylic acids is 2. The normalized spacial score (nSPS) is 16.9. The third-order valence-electron chi connectivity index (χ3n) is 19.1. The van der Waals surface area contributed by atoms with Gasteiger partial charge in [0.2, 0.25) is 11.6 Å². The maximum Gasteiger partial charge on any atom is 0.270 e. The average molecular weight is 1320 g/mol. The van der Waals surface area contributed by atoms with Crippen LogP contribution in [0.2, 0.25) is 8.67 Å². The van der Waals surface area contributed by atoms with Gasteiger partial charge in [0.05, 0.1) is 53.1 Å². The summed E-state index contributed by atoms with van der Waals surface area (Å²) < 4.78 is 5.99. The van der Waals surface area contributed by atoms with Crippen LogP contribution < -0.4 is 0 Å². The van der Waals surface area contributed by atoms with E-state index in [-0.39, 0.29) is 33.8 Å². The summed E-state index contributed by atoms with van der Waals surface area (Å²) in [6.45, 7) is 25.1. The van der Waals surface area contributed by atoms with E-state index >= 15 is 0 Å². The standard InChI is InChI=1S/C74H76Cl2N4O2S6/c1-7-11-15-19-23-27-31-73(32-28-24-20-16-12-8-2)53-39-48-54(40-47(53)67-63(73)71-57(85-67)37-45(83-71)35-49-61(55(43-77)79-5)51-41-59(75)87-69(51)65(49)81)74(33-29-25-21-17-13-9-3,34-30-26-22-18-14-10-4)64-68(48)86-58-38-46(84-72(58)64)36-50-62(56(44-78)80-6)52-42-60(76)88-70(52)66(50)82/h35-42H,7-34H2,1-4H3/b49-35?,50-36?,61-55-,62-56+. The van der Waals surface area contributed by atoms with Crippen molar-refractivity contribution in [2.45, 2.75) is 218 Å². The van der Waals surface area contributed by atoms with Crippen LogP contribution in [0, 0.1) is 35.8 Å². The van der Waals surface area contributed by atoms with Gasteiger partial charge in [0.1, 0.15) is 0 Å². The summed E-state index contributed by atoms with van der Waals surface area (Å²) in [5.74, 6) is -0.365. The molecule has 0 saturated carbocycles. The van der Waals surface area contributed by atoms with Crippen molar-refractivity contribution < 1.29 is 9.59 Å². The molecule has 0 unspecified atom stereocenters. The van der Waals surface area contributed by atoms with Crippen LogP contribution in [0.1, 0.15) is 270 Å². The van der Waals surface area contributed by atoms with Crippen LogP contribution in [0.4, 0.5) is 0 Å². The summed E-state index contributed by atoms with van der Waals surface area (Å²) >= 11 is 22.8. The van der Waals surface area contributed by atoms with E-state index in [1.807, 2.05) is 34.8 Å². The Morgan fingerprint density at radius 3 is 1.10 bits per heavy atom. The first-order chi connectivity index (χ1) is 42.9. The second kappa shape index (κ2) is 28.5. The second-order valence-corrected chi connectivity index (χ2v) is 32.4. The zero-order valence-electron chi connectivity index (χ0n) is 51.2. The second-order valence-electron chi connectivity index (χ2n) is 24.7. The van der Waals surface area contributed by atoms with Gasteiger partial charge in [-0.1, -0.05) is 205 Å². The first kappa shape index (κ1) is 64.3. The number of Topliss-reactive ketones (excluding diaryl/α,β-unsaturated/α-hetero) is 2. The van der Waals surface area contributed by atoms with Crippen molar-refractivity contribution in [3.8, 4) is 33.0 Å². The first-order valence-electron chi connectivity index (χ1n) is 32.4. The number of ketones is 2. The van der Waals surface area contributed by atoms with Crippen LogP contribution in [0.15, 0.2) is 58.9 Å². The van der Waals surface area contributed by atoms with E-state index in [9.17, 15) is 20.1 Å². The zero-order chi connectivity index (χ0) is 61.7. The summed E-state index contributed by atoms with van der Waals surface area (Å²) in [4.78, 5) is 41.5. The molecule has 6 heterocycles. The zero-order valence-corrected chi connectivity index (χ0v) is 57.6. The molecule has 88 heavy (non-hydrogen) atoms. The molecule has 0 spiro atoms. The molecule has 6 aromatic heterocycles. The highest BCUT2D eigenvalue weighted by Crippen LogP contribution is 2.67. The molecular weight excluding hydrogens is 1240 g/mol. The maximum absolute atomic E-state index is 14.3. The van der Waals surface area contributed by atoms with Crippen molar-refractivity contribution in [1.82, 2.24) is 0 Å². The van der Waals surface area contributed by atoms with Crippen molar-refractivity contribution >= 4 is 145 Å². The minimum Gasteiger partial charge on any atom is -0.288 e. The largest absolute Gasteiger partial charge is 0.288 e. The van der Waals surface area contributed by atoms with Crippen LogP contribution in [0.25, 0.3) is 72.7 Å². The Morgan fingerprint density at radius 2 is 0.784 bits per heavy atom. The molecule has 6 nitrogen and oxygen atoms in total. The molecule has 0 N–H and O–H groups in total. The van der Waals surface area contributed by atoms with Crippen molar-refractivity contribution in [1.29, 1.82) is 10.5 Å². The van der Waals surface area contributed by atoms with E-state index in [0.29, 0.717) is 51.8 Å². The van der Waals surface area contributed by atoms with Gasteiger partial charge in [0.25, 0.3) is 11.4 Å². The number of nitrogens with zero attached hydrogens (tertiary/aromatic N) is 4. The van der Waals surface area contributed by atoms with E-state index in [1.165, 1.54) is 213 Å². The van der Waals surface area contributed by atoms with Crippen molar-refractivity contribution in [3.05, 3.63) is 143 Å². The molecule has 0 aliphatic heterocycles. The number of benzene rings is 1. The maximum atomic E-state index is 14.3. The van der Waals surface area contributed by atoms with Crippen molar-refractivity contribution in [3.63, 3.8) is 0 Å². The van der Waals surface area contributed by atoms with Crippen LogP contribution in [-0.4, -0.2) is 11.6 Å². The molecule has 4 aliphatic rings. The van der Waals surface area contributed by atoms with E-state index in [0.717, 1.165) is 61.1 Å². The minimum atomic E-state index is -0.230.